The van der Waals surface area contributed by atoms with Crippen LogP contribution in [0.5, 0.6) is 0 Å². The zero-order valence-corrected chi connectivity index (χ0v) is 7.99. The summed E-state index contributed by atoms with van der Waals surface area (Å²) in [5, 5.41) is 12.7. The molecule has 0 fully saturated rings. The lowest BCUT2D eigenvalue weighted by molar-refractivity contribution is -0.140. The van der Waals surface area contributed by atoms with Gasteiger partial charge in [-0.3, -0.25) is 9.36 Å². The summed E-state index contributed by atoms with van der Waals surface area (Å²) >= 11 is 0. The van der Waals surface area contributed by atoms with Gasteiger partial charge in [0, 0.05) is 12.4 Å². The molecule has 2 aromatic rings. The predicted molar refractivity (Wildman–Crippen MR) is 51.8 cm³/mol. The Balaban J connectivity index is 2.67. The van der Waals surface area contributed by atoms with Crippen LogP contribution < -0.4 is 5.56 Å². The van der Waals surface area contributed by atoms with Gasteiger partial charge >= 0.3 is 5.97 Å². The van der Waals surface area contributed by atoms with Crippen molar-refractivity contribution in [1.29, 1.82) is 0 Å². The summed E-state index contributed by atoms with van der Waals surface area (Å²) in [5.74, 6) is -1.04. The standard InChI is InChI=1S/C9H9N3O3/c1-6(9(14)15)11-4-5-12-7(8(11)13)2-3-10-12/h2-6H,1H3,(H,14,15). The fraction of sp³-hybridized carbons (Fsp3) is 0.222. The second-order valence-electron chi connectivity index (χ2n) is 3.19. The lowest BCUT2D eigenvalue weighted by Crippen LogP contribution is -2.28. The molecule has 0 saturated carbocycles. The average Bonchev–Trinajstić information content (AvgIpc) is 2.66. The van der Waals surface area contributed by atoms with Crippen LogP contribution >= 0.6 is 0 Å². The molecule has 2 rings (SSSR count). The van der Waals surface area contributed by atoms with E-state index in [1.54, 1.807) is 12.3 Å². The maximum Gasteiger partial charge on any atom is 0.326 e. The molecule has 0 aliphatic carbocycles. The van der Waals surface area contributed by atoms with E-state index in [1.807, 2.05) is 0 Å². The van der Waals surface area contributed by atoms with E-state index in [2.05, 4.69) is 5.10 Å². The monoisotopic (exact) mass is 207 g/mol. The zero-order chi connectivity index (χ0) is 11.0. The third kappa shape index (κ3) is 1.39. The van der Waals surface area contributed by atoms with Gasteiger partial charge in [-0.05, 0) is 13.0 Å². The third-order valence-electron chi connectivity index (χ3n) is 2.27. The van der Waals surface area contributed by atoms with Gasteiger partial charge in [0.05, 0.1) is 6.20 Å². The molecule has 15 heavy (non-hydrogen) atoms. The second kappa shape index (κ2) is 3.23. The molecule has 1 N–H and O–H groups in total. The number of carbonyl (C=O) groups is 1. The van der Waals surface area contributed by atoms with Gasteiger partial charge < -0.3 is 5.11 Å². The van der Waals surface area contributed by atoms with Gasteiger partial charge in [0.25, 0.3) is 5.56 Å². The Labute approximate surface area is 84.4 Å². The van der Waals surface area contributed by atoms with Crippen LogP contribution in [-0.2, 0) is 4.79 Å². The number of hydrogen-bond acceptors (Lipinski definition) is 3. The number of fused-ring (bicyclic) bond motifs is 1. The fourth-order valence-corrected chi connectivity index (χ4v) is 1.36. The van der Waals surface area contributed by atoms with Gasteiger partial charge in [-0.15, -0.1) is 0 Å². The summed E-state index contributed by atoms with van der Waals surface area (Å²) in [6.07, 6.45) is 4.46. The Morgan fingerprint density at radius 1 is 1.53 bits per heavy atom. The Bertz CT molecular complexity index is 569. The highest BCUT2D eigenvalue weighted by molar-refractivity contribution is 5.71. The summed E-state index contributed by atoms with van der Waals surface area (Å²) in [7, 11) is 0. The molecule has 1 unspecified atom stereocenters. The minimum atomic E-state index is -1.04. The van der Waals surface area contributed by atoms with Crippen molar-refractivity contribution in [1.82, 2.24) is 14.2 Å². The molecule has 6 heteroatoms. The van der Waals surface area contributed by atoms with Crippen LogP contribution in [0.2, 0.25) is 0 Å². The van der Waals surface area contributed by atoms with E-state index in [0.29, 0.717) is 5.52 Å². The van der Waals surface area contributed by atoms with Crippen molar-refractivity contribution in [3.63, 3.8) is 0 Å². The van der Waals surface area contributed by atoms with Crippen molar-refractivity contribution in [2.45, 2.75) is 13.0 Å². The van der Waals surface area contributed by atoms with Crippen molar-refractivity contribution in [2.24, 2.45) is 0 Å². The molecule has 2 heterocycles. The van der Waals surface area contributed by atoms with Crippen molar-refractivity contribution in [2.75, 3.05) is 0 Å². The van der Waals surface area contributed by atoms with E-state index in [0.717, 1.165) is 0 Å². The van der Waals surface area contributed by atoms with E-state index in [1.165, 1.54) is 28.4 Å². The molecule has 0 aliphatic rings. The largest absolute Gasteiger partial charge is 0.480 e. The molecular formula is C9H9N3O3. The highest BCUT2D eigenvalue weighted by atomic mass is 16.4. The SMILES string of the molecule is CC(C(=O)O)n1ccn2nccc2c1=O. The van der Waals surface area contributed by atoms with Crippen LogP contribution in [0, 0.1) is 0 Å². The van der Waals surface area contributed by atoms with E-state index in [9.17, 15) is 9.59 Å². The van der Waals surface area contributed by atoms with Crippen molar-refractivity contribution in [3.8, 4) is 0 Å². The quantitative estimate of drug-likeness (QED) is 0.760. The first-order valence-electron chi connectivity index (χ1n) is 4.38. The molecule has 0 spiro atoms. The lowest BCUT2D eigenvalue weighted by Gasteiger charge is -2.09. The van der Waals surface area contributed by atoms with Gasteiger partial charge in [0.15, 0.2) is 0 Å². The smallest absolute Gasteiger partial charge is 0.326 e. The Morgan fingerprint density at radius 2 is 2.27 bits per heavy atom. The minimum absolute atomic E-state index is 0.357. The number of carboxylic acids is 1. The van der Waals surface area contributed by atoms with Gasteiger partial charge in [0.2, 0.25) is 0 Å². The molecule has 0 radical (unpaired) electrons. The van der Waals surface area contributed by atoms with E-state index in [4.69, 9.17) is 5.11 Å². The third-order valence-corrected chi connectivity index (χ3v) is 2.27. The molecule has 1 atom stereocenters. The second-order valence-corrected chi connectivity index (χ2v) is 3.19. The number of aromatic nitrogens is 3. The summed E-state index contributed by atoms with van der Waals surface area (Å²) in [4.78, 5) is 22.5. The van der Waals surface area contributed by atoms with Crippen LogP contribution in [-0.4, -0.2) is 25.3 Å². The van der Waals surface area contributed by atoms with E-state index >= 15 is 0 Å². The van der Waals surface area contributed by atoms with Gasteiger partial charge in [0.1, 0.15) is 11.6 Å². The highest BCUT2D eigenvalue weighted by Gasteiger charge is 2.15. The van der Waals surface area contributed by atoms with Crippen LogP contribution in [0.1, 0.15) is 13.0 Å². The Hall–Kier alpha value is -2.11. The zero-order valence-electron chi connectivity index (χ0n) is 7.99. The molecular weight excluding hydrogens is 198 g/mol. The molecule has 0 bridgehead atoms. The maximum atomic E-state index is 11.8. The summed E-state index contributed by atoms with van der Waals surface area (Å²) < 4.78 is 2.58. The summed E-state index contributed by atoms with van der Waals surface area (Å²) in [6.45, 7) is 1.45. The predicted octanol–water partition coefficient (Wildman–Crippen LogP) is 0.142. The maximum absolute atomic E-state index is 11.8. The van der Waals surface area contributed by atoms with Crippen LogP contribution in [0.4, 0.5) is 0 Å². The van der Waals surface area contributed by atoms with E-state index in [-0.39, 0.29) is 5.56 Å². The van der Waals surface area contributed by atoms with Crippen molar-refractivity contribution in [3.05, 3.63) is 35.0 Å². The average molecular weight is 207 g/mol. The summed E-state index contributed by atoms with van der Waals surface area (Å²) in [5.41, 5.74) is 0.00972. The van der Waals surface area contributed by atoms with E-state index < -0.39 is 12.0 Å². The molecule has 0 saturated heterocycles. The normalized spacial score (nSPS) is 12.9. The number of nitrogens with zero attached hydrogens (tertiary/aromatic N) is 3. The van der Waals surface area contributed by atoms with Gasteiger partial charge in [-0.1, -0.05) is 0 Å². The molecule has 0 amide bonds. The summed E-state index contributed by atoms with van der Waals surface area (Å²) in [6, 6.07) is 0.672. The molecule has 78 valence electrons. The Morgan fingerprint density at radius 3 is 2.93 bits per heavy atom. The molecule has 6 nitrogen and oxygen atoms in total. The number of rotatable bonds is 2. The van der Waals surface area contributed by atoms with Crippen LogP contribution in [0.3, 0.4) is 0 Å². The first-order chi connectivity index (χ1) is 7.11. The van der Waals surface area contributed by atoms with Crippen molar-refractivity contribution >= 4 is 11.5 Å². The van der Waals surface area contributed by atoms with Gasteiger partial charge in [-0.2, -0.15) is 5.10 Å². The lowest BCUT2D eigenvalue weighted by atomic mass is 10.3. The topological polar surface area (TPSA) is 76.6 Å². The van der Waals surface area contributed by atoms with Crippen molar-refractivity contribution < 1.29 is 9.90 Å². The molecule has 0 aliphatic heterocycles. The first-order valence-corrected chi connectivity index (χ1v) is 4.38. The Kier molecular flexibility index (Phi) is 2.03. The van der Waals surface area contributed by atoms with Crippen LogP contribution in [0.25, 0.3) is 5.52 Å². The van der Waals surface area contributed by atoms with Gasteiger partial charge in [-0.25, -0.2) is 9.31 Å². The number of carboxylic acid groups (broad SMARTS) is 1. The number of aliphatic carboxylic acids is 1. The molecule has 2 aromatic heterocycles. The van der Waals surface area contributed by atoms with Crippen LogP contribution in [0.15, 0.2) is 29.5 Å². The fourth-order valence-electron chi connectivity index (χ4n) is 1.36. The molecule has 0 aromatic carbocycles. The minimum Gasteiger partial charge on any atom is -0.480 e. The highest BCUT2D eigenvalue weighted by Crippen LogP contribution is 2.03. The first kappa shape index (κ1) is 9.45. The number of hydrogen-bond donors (Lipinski definition) is 1.